The molecule has 0 saturated heterocycles. The van der Waals surface area contributed by atoms with Crippen molar-refractivity contribution in [3.8, 4) is 0 Å². The van der Waals surface area contributed by atoms with Crippen LogP contribution in [0.4, 0.5) is 0 Å². The summed E-state index contributed by atoms with van der Waals surface area (Å²) in [5.41, 5.74) is 1.33. The predicted molar refractivity (Wildman–Crippen MR) is 55.4 cm³/mol. The Morgan fingerprint density at radius 2 is 1.93 bits per heavy atom. The van der Waals surface area contributed by atoms with Crippen molar-refractivity contribution in [1.29, 1.82) is 0 Å². The molecular weight excluding hydrogens is 180 g/mol. The normalized spacial score (nSPS) is 12.1. The van der Waals surface area contributed by atoms with E-state index in [0.717, 1.165) is 0 Å². The van der Waals surface area contributed by atoms with E-state index in [-0.39, 0.29) is 11.8 Å². The largest absolute Gasteiger partial charge is 0.355 e. The van der Waals surface area contributed by atoms with E-state index in [2.05, 4.69) is 5.32 Å². The molecule has 4 nitrogen and oxygen atoms in total. The van der Waals surface area contributed by atoms with E-state index < -0.39 is 0 Å². The molecule has 0 heterocycles. The van der Waals surface area contributed by atoms with Crippen LogP contribution in [0.15, 0.2) is 11.3 Å². The fourth-order valence-electron chi connectivity index (χ4n) is 1.25. The van der Waals surface area contributed by atoms with Crippen LogP contribution in [0.2, 0.25) is 0 Å². The standard InChI is InChI=1S/C10H18N2O2/c1-7(2)9(10(14)11-4)8(3)12(5)6-13/h6-7H,1-5H3,(H,11,14)/b9-8-. The van der Waals surface area contributed by atoms with E-state index >= 15 is 0 Å². The van der Waals surface area contributed by atoms with Gasteiger partial charge in [0.15, 0.2) is 0 Å². The van der Waals surface area contributed by atoms with Gasteiger partial charge in [-0.05, 0) is 12.8 Å². The Morgan fingerprint density at radius 3 is 2.21 bits per heavy atom. The van der Waals surface area contributed by atoms with Crippen LogP contribution in [0.1, 0.15) is 20.8 Å². The molecule has 0 aliphatic carbocycles. The number of amides is 2. The van der Waals surface area contributed by atoms with E-state index in [1.54, 1.807) is 21.0 Å². The maximum absolute atomic E-state index is 11.5. The Morgan fingerprint density at radius 1 is 1.43 bits per heavy atom. The second-order valence-electron chi connectivity index (χ2n) is 3.45. The Bertz CT molecular complexity index is 257. The van der Waals surface area contributed by atoms with Crippen molar-refractivity contribution in [1.82, 2.24) is 10.2 Å². The zero-order valence-corrected chi connectivity index (χ0v) is 9.42. The molecule has 0 rings (SSSR count). The van der Waals surface area contributed by atoms with Gasteiger partial charge in [0.2, 0.25) is 12.3 Å². The summed E-state index contributed by atoms with van der Waals surface area (Å²) in [6, 6.07) is 0. The van der Waals surface area contributed by atoms with Gasteiger partial charge in [0.1, 0.15) is 0 Å². The zero-order chi connectivity index (χ0) is 11.3. The average Bonchev–Trinajstić information content (AvgIpc) is 2.15. The Labute approximate surface area is 85.0 Å². The molecule has 0 fully saturated rings. The monoisotopic (exact) mass is 198 g/mol. The molecule has 0 saturated carbocycles. The first-order valence-electron chi connectivity index (χ1n) is 4.56. The molecule has 0 bridgehead atoms. The Balaban J connectivity index is 5.14. The highest BCUT2D eigenvalue weighted by molar-refractivity contribution is 5.94. The fraction of sp³-hybridized carbons (Fsp3) is 0.600. The Kier molecular flexibility index (Phi) is 4.91. The van der Waals surface area contributed by atoms with E-state index in [1.165, 1.54) is 4.90 Å². The summed E-state index contributed by atoms with van der Waals surface area (Å²) in [4.78, 5) is 23.5. The van der Waals surface area contributed by atoms with Gasteiger partial charge in [-0.25, -0.2) is 0 Å². The number of likely N-dealkylation sites (N-methyl/N-ethyl adjacent to an activating group) is 1. The maximum Gasteiger partial charge on any atom is 0.248 e. The second-order valence-corrected chi connectivity index (χ2v) is 3.45. The van der Waals surface area contributed by atoms with Crippen molar-refractivity contribution in [2.24, 2.45) is 5.92 Å². The SMILES string of the molecule is CNC(=O)/C(=C(/C)N(C)C=O)C(C)C. The first-order valence-corrected chi connectivity index (χ1v) is 4.56. The molecule has 80 valence electrons. The van der Waals surface area contributed by atoms with Gasteiger partial charge in [-0.2, -0.15) is 0 Å². The predicted octanol–water partition coefficient (Wildman–Crippen LogP) is 0.751. The number of allylic oxidation sites excluding steroid dienone is 1. The van der Waals surface area contributed by atoms with Gasteiger partial charge in [0.25, 0.3) is 0 Å². The molecule has 0 aromatic heterocycles. The minimum absolute atomic E-state index is 0.0948. The number of hydrogen-bond acceptors (Lipinski definition) is 2. The molecule has 0 aliphatic heterocycles. The lowest BCUT2D eigenvalue weighted by atomic mass is 10.00. The molecule has 0 spiro atoms. The van der Waals surface area contributed by atoms with Crippen LogP contribution >= 0.6 is 0 Å². The molecule has 14 heavy (non-hydrogen) atoms. The molecular formula is C10H18N2O2. The minimum Gasteiger partial charge on any atom is -0.355 e. The lowest BCUT2D eigenvalue weighted by molar-refractivity contribution is -0.117. The van der Waals surface area contributed by atoms with Gasteiger partial charge in [-0.3, -0.25) is 9.59 Å². The van der Waals surface area contributed by atoms with Crippen LogP contribution in [0.5, 0.6) is 0 Å². The van der Waals surface area contributed by atoms with Crippen LogP contribution in [0.3, 0.4) is 0 Å². The van der Waals surface area contributed by atoms with E-state index in [0.29, 0.717) is 17.7 Å². The molecule has 0 unspecified atom stereocenters. The van der Waals surface area contributed by atoms with Gasteiger partial charge in [-0.1, -0.05) is 13.8 Å². The molecule has 0 aromatic rings. The third-order valence-corrected chi connectivity index (χ3v) is 2.13. The van der Waals surface area contributed by atoms with Crippen LogP contribution in [-0.4, -0.2) is 31.3 Å². The summed E-state index contributed by atoms with van der Waals surface area (Å²) in [6.45, 7) is 5.61. The number of rotatable bonds is 4. The molecule has 0 aromatic carbocycles. The zero-order valence-electron chi connectivity index (χ0n) is 9.42. The first kappa shape index (κ1) is 12.7. The molecule has 0 aliphatic rings. The lowest BCUT2D eigenvalue weighted by Gasteiger charge is -2.19. The van der Waals surface area contributed by atoms with Gasteiger partial charge in [-0.15, -0.1) is 0 Å². The Hall–Kier alpha value is -1.32. The van der Waals surface area contributed by atoms with Crippen molar-refractivity contribution in [3.05, 3.63) is 11.3 Å². The van der Waals surface area contributed by atoms with Crippen molar-refractivity contribution in [3.63, 3.8) is 0 Å². The van der Waals surface area contributed by atoms with Crippen LogP contribution in [0.25, 0.3) is 0 Å². The highest BCUT2D eigenvalue weighted by atomic mass is 16.2. The smallest absolute Gasteiger partial charge is 0.248 e. The summed E-state index contributed by atoms with van der Waals surface area (Å²) in [6.07, 6.45) is 0.695. The fourth-order valence-corrected chi connectivity index (χ4v) is 1.25. The number of carbonyl (C=O) groups excluding carboxylic acids is 2. The van der Waals surface area contributed by atoms with Crippen LogP contribution in [0, 0.1) is 5.92 Å². The van der Waals surface area contributed by atoms with Crippen molar-refractivity contribution in [2.75, 3.05) is 14.1 Å². The first-order chi connectivity index (χ1) is 6.45. The summed E-state index contributed by atoms with van der Waals surface area (Å²) in [5, 5.41) is 2.57. The number of nitrogens with zero attached hydrogens (tertiary/aromatic N) is 1. The minimum atomic E-state index is -0.133. The summed E-state index contributed by atoms with van der Waals surface area (Å²) >= 11 is 0. The van der Waals surface area contributed by atoms with Crippen LogP contribution in [-0.2, 0) is 9.59 Å². The summed E-state index contributed by atoms with van der Waals surface area (Å²) in [7, 11) is 3.21. The number of carbonyl (C=O) groups is 2. The highest BCUT2D eigenvalue weighted by Crippen LogP contribution is 2.16. The van der Waals surface area contributed by atoms with Gasteiger partial charge in [0, 0.05) is 25.4 Å². The molecule has 2 amide bonds. The van der Waals surface area contributed by atoms with Crippen molar-refractivity contribution >= 4 is 12.3 Å². The quantitative estimate of drug-likeness (QED) is 0.535. The lowest BCUT2D eigenvalue weighted by Crippen LogP contribution is -2.27. The van der Waals surface area contributed by atoms with E-state index in [1.807, 2.05) is 13.8 Å². The summed E-state index contributed by atoms with van der Waals surface area (Å²) in [5.74, 6) is -0.0384. The molecule has 0 radical (unpaired) electrons. The molecule has 1 N–H and O–H groups in total. The van der Waals surface area contributed by atoms with Crippen molar-refractivity contribution in [2.45, 2.75) is 20.8 Å². The second kappa shape index (κ2) is 5.42. The summed E-state index contributed by atoms with van der Waals surface area (Å²) < 4.78 is 0. The van der Waals surface area contributed by atoms with Crippen LogP contribution < -0.4 is 5.32 Å². The maximum atomic E-state index is 11.5. The van der Waals surface area contributed by atoms with E-state index in [9.17, 15) is 9.59 Å². The molecule has 4 heteroatoms. The van der Waals surface area contributed by atoms with Gasteiger partial charge >= 0.3 is 0 Å². The third-order valence-electron chi connectivity index (χ3n) is 2.13. The number of nitrogens with one attached hydrogen (secondary N) is 1. The van der Waals surface area contributed by atoms with Gasteiger partial charge < -0.3 is 10.2 Å². The number of hydrogen-bond donors (Lipinski definition) is 1. The highest BCUT2D eigenvalue weighted by Gasteiger charge is 2.17. The average molecular weight is 198 g/mol. The van der Waals surface area contributed by atoms with Crippen molar-refractivity contribution < 1.29 is 9.59 Å². The van der Waals surface area contributed by atoms with E-state index in [4.69, 9.17) is 0 Å². The van der Waals surface area contributed by atoms with Gasteiger partial charge in [0.05, 0.1) is 0 Å². The molecule has 0 atom stereocenters. The third kappa shape index (κ3) is 2.87. The topological polar surface area (TPSA) is 49.4 Å².